The molecule has 0 bridgehead atoms. The second-order valence-corrected chi connectivity index (χ2v) is 4.11. The second-order valence-electron chi connectivity index (χ2n) is 4.11. The summed E-state index contributed by atoms with van der Waals surface area (Å²) in [5, 5.41) is 0. The fourth-order valence-electron chi connectivity index (χ4n) is 2.19. The van der Waals surface area contributed by atoms with Crippen LogP contribution in [0, 0.1) is 0 Å². The van der Waals surface area contributed by atoms with Crippen LogP contribution in [0.3, 0.4) is 0 Å². The first-order valence-electron chi connectivity index (χ1n) is 5.54. The van der Waals surface area contributed by atoms with Crippen molar-refractivity contribution in [2.24, 2.45) is 0 Å². The molecule has 0 radical (unpaired) electrons. The van der Waals surface area contributed by atoms with Crippen molar-refractivity contribution in [3.63, 3.8) is 0 Å². The minimum Gasteiger partial charge on any atom is -0.465 e. The largest absolute Gasteiger partial charge is 0.465 e. The van der Waals surface area contributed by atoms with Gasteiger partial charge in [0.15, 0.2) is 0 Å². The van der Waals surface area contributed by atoms with Crippen LogP contribution in [0.1, 0.15) is 28.9 Å². The molecule has 88 valence electrons. The number of rotatable bonds is 2. The summed E-state index contributed by atoms with van der Waals surface area (Å²) in [7, 11) is 3.15. The molecular formula is C12H17NO3. The van der Waals surface area contributed by atoms with Crippen molar-refractivity contribution in [1.29, 1.82) is 0 Å². The Morgan fingerprint density at radius 1 is 1.50 bits per heavy atom. The fraction of sp³-hybridized carbons (Fsp3) is 0.583. The molecule has 0 spiro atoms. The Morgan fingerprint density at radius 2 is 2.31 bits per heavy atom. The molecule has 1 aromatic rings. The molecule has 4 nitrogen and oxygen atoms in total. The van der Waals surface area contributed by atoms with E-state index in [0.29, 0.717) is 5.56 Å². The third kappa shape index (κ3) is 2.11. The summed E-state index contributed by atoms with van der Waals surface area (Å²) in [5.74, 6) is -0.269. The first-order valence-corrected chi connectivity index (χ1v) is 5.54. The summed E-state index contributed by atoms with van der Waals surface area (Å²) >= 11 is 0. The number of esters is 1. The normalized spacial score (nSPS) is 20.0. The molecule has 1 aliphatic heterocycles. The molecular weight excluding hydrogens is 206 g/mol. The zero-order valence-electron chi connectivity index (χ0n) is 9.73. The Kier molecular flexibility index (Phi) is 3.29. The predicted octanol–water partition coefficient (Wildman–Crippen LogP) is 1.63. The maximum Gasteiger partial charge on any atom is 0.339 e. The summed E-state index contributed by atoms with van der Waals surface area (Å²) in [5.41, 5.74) is 1.79. The molecule has 0 aromatic carbocycles. The third-order valence-corrected chi connectivity index (χ3v) is 3.10. The molecule has 0 saturated heterocycles. The van der Waals surface area contributed by atoms with E-state index in [4.69, 9.17) is 9.47 Å². The van der Waals surface area contributed by atoms with Crippen LogP contribution in [0.15, 0.2) is 12.3 Å². The topological polar surface area (TPSA) is 40.5 Å². The molecule has 1 aromatic heterocycles. The minimum atomic E-state index is -0.269. The van der Waals surface area contributed by atoms with Crippen molar-refractivity contribution in [1.82, 2.24) is 4.57 Å². The highest BCUT2D eigenvalue weighted by atomic mass is 16.5. The van der Waals surface area contributed by atoms with E-state index in [2.05, 4.69) is 4.57 Å². The molecule has 1 unspecified atom stereocenters. The molecule has 1 atom stereocenters. The summed E-state index contributed by atoms with van der Waals surface area (Å²) in [4.78, 5) is 11.4. The summed E-state index contributed by atoms with van der Waals surface area (Å²) in [6, 6.07) is 1.91. The number of hydrogen-bond acceptors (Lipinski definition) is 3. The van der Waals surface area contributed by atoms with Crippen molar-refractivity contribution in [2.75, 3.05) is 14.2 Å². The van der Waals surface area contributed by atoms with Crippen LogP contribution < -0.4 is 0 Å². The van der Waals surface area contributed by atoms with Crippen molar-refractivity contribution >= 4 is 5.97 Å². The van der Waals surface area contributed by atoms with E-state index in [1.165, 1.54) is 7.11 Å². The molecule has 0 fully saturated rings. The molecule has 2 heterocycles. The van der Waals surface area contributed by atoms with Gasteiger partial charge in [0.1, 0.15) is 0 Å². The van der Waals surface area contributed by atoms with Crippen LogP contribution in [0.4, 0.5) is 0 Å². The smallest absolute Gasteiger partial charge is 0.339 e. The van der Waals surface area contributed by atoms with Gasteiger partial charge >= 0.3 is 5.97 Å². The molecule has 2 rings (SSSR count). The second kappa shape index (κ2) is 4.70. The van der Waals surface area contributed by atoms with Crippen LogP contribution in [0.25, 0.3) is 0 Å². The van der Waals surface area contributed by atoms with E-state index in [9.17, 15) is 4.79 Å². The molecule has 0 aliphatic carbocycles. The van der Waals surface area contributed by atoms with Gasteiger partial charge in [0.2, 0.25) is 0 Å². The highest BCUT2D eigenvalue weighted by molar-refractivity contribution is 5.89. The lowest BCUT2D eigenvalue weighted by atomic mass is 10.1. The summed E-state index contributed by atoms with van der Waals surface area (Å²) in [6.45, 7) is 0.951. The van der Waals surface area contributed by atoms with E-state index in [1.54, 1.807) is 7.11 Å². The Hall–Kier alpha value is -1.29. The maximum atomic E-state index is 11.4. The Bertz CT molecular complexity index is 384. The fourth-order valence-corrected chi connectivity index (χ4v) is 2.19. The summed E-state index contributed by atoms with van der Waals surface area (Å²) < 4.78 is 12.2. The number of nitrogens with zero attached hydrogens (tertiary/aromatic N) is 1. The lowest BCUT2D eigenvalue weighted by Gasteiger charge is -2.10. The van der Waals surface area contributed by atoms with Gasteiger partial charge in [0.05, 0.1) is 18.8 Å². The van der Waals surface area contributed by atoms with Crippen LogP contribution >= 0.6 is 0 Å². The number of methoxy groups -OCH3 is 2. The maximum absolute atomic E-state index is 11.4. The number of carbonyl (C=O) groups excluding carboxylic acids is 1. The number of hydrogen-bond donors (Lipinski definition) is 0. The van der Waals surface area contributed by atoms with Crippen molar-refractivity contribution in [3.05, 3.63) is 23.5 Å². The lowest BCUT2D eigenvalue weighted by molar-refractivity contribution is 0.0600. The third-order valence-electron chi connectivity index (χ3n) is 3.10. The highest BCUT2D eigenvalue weighted by Crippen LogP contribution is 2.20. The van der Waals surface area contributed by atoms with Gasteiger partial charge in [-0.15, -0.1) is 0 Å². The standard InChI is InChI=1S/C12H17NO3/c1-15-11-4-3-5-13-8-9(12(14)16-2)6-10(13)7-11/h6,8,11H,3-5,7H2,1-2H3. The van der Waals surface area contributed by atoms with Gasteiger partial charge in [-0.2, -0.15) is 0 Å². The van der Waals surface area contributed by atoms with Crippen LogP contribution in [-0.2, 0) is 22.4 Å². The number of carbonyl (C=O) groups is 1. The Labute approximate surface area is 95.2 Å². The van der Waals surface area contributed by atoms with E-state index in [1.807, 2.05) is 12.3 Å². The highest BCUT2D eigenvalue weighted by Gasteiger charge is 2.19. The van der Waals surface area contributed by atoms with Crippen molar-refractivity contribution in [2.45, 2.75) is 31.9 Å². The van der Waals surface area contributed by atoms with E-state index >= 15 is 0 Å². The zero-order valence-corrected chi connectivity index (χ0v) is 9.73. The summed E-state index contributed by atoms with van der Waals surface area (Å²) in [6.07, 6.45) is 5.17. The Balaban J connectivity index is 2.23. The monoisotopic (exact) mass is 223 g/mol. The van der Waals surface area contributed by atoms with Gasteiger partial charge in [0, 0.05) is 32.0 Å². The molecule has 4 heteroatoms. The average molecular weight is 223 g/mol. The van der Waals surface area contributed by atoms with E-state index in [-0.39, 0.29) is 12.1 Å². The van der Waals surface area contributed by atoms with Gasteiger partial charge in [0.25, 0.3) is 0 Å². The lowest BCUT2D eigenvalue weighted by Crippen LogP contribution is -2.12. The van der Waals surface area contributed by atoms with Gasteiger partial charge in [-0.3, -0.25) is 0 Å². The average Bonchev–Trinajstić information content (AvgIpc) is 2.60. The molecule has 0 N–H and O–H groups in total. The van der Waals surface area contributed by atoms with Crippen LogP contribution in [-0.4, -0.2) is 30.9 Å². The van der Waals surface area contributed by atoms with Gasteiger partial charge in [-0.25, -0.2) is 4.79 Å². The number of fused-ring (bicyclic) bond motifs is 1. The van der Waals surface area contributed by atoms with Crippen molar-refractivity contribution in [3.8, 4) is 0 Å². The molecule has 1 aliphatic rings. The molecule has 0 amide bonds. The molecule has 16 heavy (non-hydrogen) atoms. The van der Waals surface area contributed by atoms with Gasteiger partial charge < -0.3 is 14.0 Å². The quantitative estimate of drug-likeness (QED) is 0.715. The molecule has 0 saturated carbocycles. The van der Waals surface area contributed by atoms with Gasteiger partial charge in [-0.05, 0) is 18.9 Å². The minimum absolute atomic E-state index is 0.265. The number of aromatic nitrogens is 1. The SMILES string of the molecule is COC(=O)c1cc2n(c1)CCCC(OC)C2. The number of ether oxygens (including phenoxy) is 2. The zero-order chi connectivity index (χ0) is 11.5. The first kappa shape index (κ1) is 11.2. The predicted molar refractivity (Wildman–Crippen MR) is 59.5 cm³/mol. The van der Waals surface area contributed by atoms with Crippen molar-refractivity contribution < 1.29 is 14.3 Å². The Morgan fingerprint density at radius 3 is 3.00 bits per heavy atom. The van der Waals surface area contributed by atoms with E-state index in [0.717, 1.165) is 31.5 Å². The van der Waals surface area contributed by atoms with Crippen LogP contribution in [0.5, 0.6) is 0 Å². The number of aryl methyl sites for hydroxylation is 1. The van der Waals surface area contributed by atoms with Gasteiger partial charge in [-0.1, -0.05) is 0 Å². The van der Waals surface area contributed by atoms with Crippen LogP contribution in [0.2, 0.25) is 0 Å². The van der Waals surface area contributed by atoms with E-state index < -0.39 is 0 Å². The first-order chi connectivity index (χ1) is 7.74.